The van der Waals surface area contributed by atoms with Crippen LogP contribution in [0.15, 0.2) is 18.2 Å². The van der Waals surface area contributed by atoms with Crippen LogP contribution in [0.5, 0.6) is 11.5 Å². The minimum absolute atomic E-state index is 0.0327. The Morgan fingerprint density at radius 3 is 2.74 bits per heavy atom. The van der Waals surface area contributed by atoms with Crippen LogP contribution >= 0.6 is 0 Å². The Hall–Kier alpha value is -1.99. The van der Waals surface area contributed by atoms with Crippen molar-refractivity contribution in [2.75, 3.05) is 13.2 Å². The van der Waals surface area contributed by atoms with Gasteiger partial charge in [-0.3, -0.25) is 5.01 Å². The van der Waals surface area contributed by atoms with E-state index >= 15 is 0 Å². The van der Waals surface area contributed by atoms with Crippen LogP contribution in [0.3, 0.4) is 0 Å². The Morgan fingerprint density at radius 1 is 1.43 bits per heavy atom. The van der Waals surface area contributed by atoms with E-state index in [2.05, 4.69) is 0 Å². The van der Waals surface area contributed by atoms with E-state index in [9.17, 15) is 9.90 Å². The van der Waals surface area contributed by atoms with E-state index in [1.54, 1.807) is 18.2 Å². The maximum absolute atomic E-state index is 11.4. The van der Waals surface area contributed by atoms with Crippen molar-refractivity contribution >= 4 is 6.03 Å². The summed E-state index contributed by atoms with van der Waals surface area (Å²) in [6, 6.07) is 4.30. The summed E-state index contributed by atoms with van der Waals surface area (Å²) in [4.78, 5) is 11.4. The molecule has 1 unspecified atom stereocenters. The van der Waals surface area contributed by atoms with Crippen LogP contribution in [0.2, 0.25) is 0 Å². The van der Waals surface area contributed by atoms with E-state index < -0.39 is 6.03 Å². The van der Waals surface area contributed by atoms with E-state index in [1.807, 2.05) is 0 Å². The van der Waals surface area contributed by atoms with Crippen molar-refractivity contribution in [3.8, 4) is 11.5 Å². The molecule has 128 valence electrons. The number of phenolic OH excluding ortho intramolecular Hbond substituents is 1. The quantitative estimate of drug-likeness (QED) is 0.247. The molecule has 23 heavy (non-hydrogen) atoms. The first-order valence-electron chi connectivity index (χ1n) is 7.92. The molecule has 7 nitrogen and oxygen atoms in total. The molecule has 0 aliphatic heterocycles. The molecule has 1 aliphatic carbocycles. The van der Waals surface area contributed by atoms with Crippen LogP contribution < -0.4 is 16.3 Å². The van der Waals surface area contributed by atoms with Crippen LogP contribution in [0, 0.1) is 5.92 Å². The second kappa shape index (κ2) is 8.03. The highest BCUT2D eigenvalue weighted by molar-refractivity contribution is 5.71. The molecule has 7 heteroatoms. The number of rotatable bonds is 8. The molecule has 1 atom stereocenters. The number of phenols is 1. The Bertz CT molecular complexity index is 534. The van der Waals surface area contributed by atoms with E-state index in [4.69, 9.17) is 21.4 Å². The number of primary amides is 1. The SMILES string of the molecule is NC(=O)N(N)C(Cc1ccc(O)c(OCCCO)c1)C1CCC1. The fourth-order valence-electron chi connectivity index (χ4n) is 2.77. The molecule has 0 bridgehead atoms. The fraction of sp³-hybridized carbons (Fsp3) is 0.562. The third-order valence-corrected chi connectivity index (χ3v) is 4.33. The number of nitrogens with zero attached hydrogens (tertiary/aromatic N) is 1. The minimum Gasteiger partial charge on any atom is -0.504 e. The molecule has 2 amide bonds. The van der Waals surface area contributed by atoms with Crippen LogP contribution in [0.4, 0.5) is 4.79 Å². The summed E-state index contributed by atoms with van der Waals surface area (Å²) in [5.74, 6) is 6.60. The molecule has 0 heterocycles. The average molecular weight is 323 g/mol. The highest BCUT2D eigenvalue weighted by Crippen LogP contribution is 2.34. The van der Waals surface area contributed by atoms with Crippen LogP contribution in [-0.4, -0.2) is 40.5 Å². The van der Waals surface area contributed by atoms with Gasteiger partial charge in [0.2, 0.25) is 0 Å². The van der Waals surface area contributed by atoms with Gasteiger partial charge in [-0.15, -0.1) is 0 Å². The van der Waals surface area contributed by atoms with E-state index in [0.29, 0.717) is 31.1 Å². The topological polar surface area (TPSA) is 122 Å². The number of hydrogen-bond acceptors (Lipinski definition) is 5. The number of aromatic hydroxyl groups is 1. The summed E-state index contributed by atoms with van der Waals surface area (Å²) in [6.07, 6.45) is 4.25. The number of aliphatic hydroxyl groups excluding tert-OH is 1. The first-order chi connectivity index (χ1) is 11.0. The number of hydrazine groups is 1. The number of amides is 2. The zero-order valence-electron chi connectivity index (χ0n) is 13.1. The summed E-state index contributed by atoms with van der Waals surface area (Å²) >= 11 is 0. The molecule has 1 fully saturated rings. The second-order valence-electron chi connectivity index (χ2n) is 5.94. The molecule has 1 aromatic carbocycles. The summed E-state index contributed by atoms with van der Waals surface area (Å²) in [6.45, 7) is 0.356. The number of ether oxygens (including phenoxy) is 1. The minimum atomic E-state index is -0.639. The van der Waals surface area contributed by atoms with Gasteiger partial charge in [-0.05, 0) is 42.9 Å². The highest BCUT2D eigenvalue weighted by Gasteiger charge is 2.32. The number of carbonyl (C=O) groups excluding carboxylic acids is 1. The van der Waals surface area contributed by atoms with Gasteiger partial charge in [0.25, 0.3) is 0 Å². The van der Waals surface area contributed by atoms with Gasteiger partial charge in [0, 0.05) is 13.0 Å². The average Bonchev–Trinajstić information content (AvgIpc) is 2.47. The van der Waals surface area contributed by atoms with Crippen LogP contribution in [0.25, 0.3) is 0 Å². The number of hydrogen-bond donors (Lipinski definition) is 4. The van der Waals surface area contributed by atoms with Crippen molar-refractivity contribution in [2.24, 2.45) is 17.5 Å². The Morgan fingerprint density at radius 2 is 2.17 bits per heavy atom. The zero-order chi connectivity index (χ0) is 16.8. The smallest absolute Gasteiger partial charge is 0.329 e. The van der Waals surface area contributed by atoms with Crippen molar-refractivity contribution in [3.05, 3.63) is 23.8 Å². The maximum atomic E-state index is 11.4. The summed E-state index contributed by atoms with van der Waals surface area (Å²) < 4.78 is 5.46. The molecule has 1 saturated carbocycles. The van der Waals surface area contributed by atoms with Crippen molar-refractivity contribution in [3.63, 3.8) is 0 Å². The van der Waals surface area contributed by atoms with Crippen LogP contribution in [0.1, 0.15) is 31.2 Å². The fourth-order valence-corrected chi connectivity index (χ4v) is 2.77. The highest BCUT2D eigenvalue weighted by atomic mass is 16.5. The first-order valence-corrected chi connectivity index (χ1v) is 7.92. The van der Waals surface area contributed by atoms with Gasteiger partial charge in [-0.1, -0.05) is 12.5 Å². The molecule has 1 aliphatic rings. The Balaban J connectivity index is 2.09. The monoisotopic (exact) mass is 323 g/mol. The third-order valence-electron chi connectivity index (χ3n) is 4.33. The Labute approximate surface area is 135 Å². The van der Waals surface area contributed by atoms with Crippen molar-refractivity contribution in [2.45, 2.75) is 38.1 Å². The molecule has 1 aromatic rings. The van der Waals surface area contributed by atoms with Gasteiger partial charge in [-0.25, -0.2) is 10.6 Å². The van der Waals surface area contributed by atoms with Gasteiger partial charge >= 0.3 is 6.03 Å². The Kier molecular flexibility index (Phi) is 6.06. The molecular formula is C16H25N3O4. The van der Waals surface area contributed by atoms with E-state index in [-0.39, 0.29) is 18.4 Å². The third kappa shape index (κ3) is 4.49. The maximum Gasteiger partial charge on any atom is 0.329 e. The lowest BCUT2D eigenvalue weighted by atomic mass is 9.77. The molecule has 0 radical (unpaired) electrons. The molecule has 0 aromatic heterocycles. The number of nitrogens with two attached hydrogens (primary N) is 2. The summed E-state index contributed by atoms with van der Waals surface area (Å²) in [7, 11) is 0. The van der Waals surface area contributed by atoms with Crippen molar-refractivity contribution in [1.29, 1.82) is 0 Å². The molecule has 0 saturated heterocycles. The van der Waals surface area contributed by atoms with E-state index in [1.165, 1.54) is 0 Å². The van der Waals surface area contributed by atoms with Crippen molar-refractivity contribution in [1.82, 2.24) is 5.01 Å². The standard InChI is InChI=1S/C16H25N3O4/c17-16(22)19(18)13(12-3-1-4-12)9-11-5-6-14(21)15(10-11)23-8-2-7-20/h5-6,10,12-13,20-21H,1-4,7-9,18H2,(H2,17,22). The van der Waals surface area contributed by atoms with Gasteiger partial charge in [0.15, 0.2) is 11.5 Å². The lowest BCUT2D eigenvalue weighted by Crippen LogP contribution is -2.53. The van der Waals surface area contributed by atoms with Crippen LogP contribution in [-0.2, 0) is 6.42 Å². The van der Waals surface area contributed by atoms with Gasteiger partial charge in [-0.2, -0.15) is 0 Å². The predicted molar refractivity (Wildman–Crippen MR) is 85.7 cm³/mol. The van der Waals surface area contributed by atoms with Gasteiger partial charge < -0.3 is 20.7 Å². The normalized spacial score (nSPS) is 15.7. The number of urea groups is 1. The largest absolute Gasteiger partial charge is 0.504 e. The first kappa shape index (κ1) is 17.4. The van der Waals surface area contributed by atoms with Gasteiger partial charge in [0.1, 0.15) is 0 Å². The number of carbonyl (C=O) groups is 1. The second-order valence-corrected chi connectivity index (χ2v) is 5.94. The molecule has 2 rings (SSSR count). The summed E-state index contributed by atoms with van der Waals surface area (Å²) in [5, 5.41) is 19.7. The molecule has 0 spiro atoms. The lowest BCUT2D eigenvalue weighted by molar-refractivity contribution is 0.117. The zero-order valence-corrected chi connectivity index (χ0v) is 13.1. The number of benzene rings is 1. The van der Waals surface area contributed by atoms with Gasteiger partial charge in [0.05, 0.1) is 12.6 Å². The van der Waals surface area contributed by atoms with E-state index in [0.717, 1.165) is 29.8 Å². The molecular weight excluding hydrogens is 298 g/mol. The number of aliphatic hydroxyl groups is 1. The predicted octanol–water partition coefficient (Wildman–Crippen LogP) is 1.12. The summed E-state index contributed by atoms with van der Waals surface area (Å²) in [5.41, 5.74) is 6.23. The lowest BCUT2D eigenvalue weighted by Gasteiger charge is -2.38. The van der Waals surface area contributed by atoms with Crippen molar-refractivity contribution < 1.29 is 19.7 Å². The molecule has 6 N–H and O–H groups in total.